The Hall–Kier alpha value is -1.33. The first-order chi connectivity index (χ1) is 10.3. The molecular weight excluding hydrogens is 280 g/mol. The first-order valence-corrected chi connectivity index (χ1v) is 8.72. The number of piperidine rings is 1. The second kappa shape index (κ2) is 5.46. The highest BCUT2D eigenvalue weighted by atomic mass is 32.2. The molecule has 1 N–H and O–H groups in total. The molecular formula is C16H20N4S. The van der Waals surface area contributed by atoms with Crippen LogP contribution in [0.3, 0.4) is 0 Å². The van der Waals surface area contributed by atoms with Gasteiger partial charge in [-0.15, -0.1) is 11.8 Å². The van der Waals surface area contributed by atoms with Crippen molar-refractivity contribution in [2.24, 2.45) is 5.92 Å². The minimum Gasteiger partial charge on any atom is -0.317 e. The lowest BCUT2D eigenvalue weighted by Gasteiger charge is -2.21. The fourth-order valence-corrected chi connectivity index (χ4v) is 4.46. The average molecular weight is 300 g/mol. The Bertz CT molecular complexity index is 745. The highest BCUT2D eigenvalue weighted by molar-refractivity contribution is 7.99. The maximum atomic E-state index is 4.79. The van der Waals surface area contributed by atoms with E-state index in [0.29, 0.717) is 0 Å². The van der Waals surface area contributed by atoms with Crippen molar-refractivity contribution in [1.29, 1.82) is 0 Å². The van der Waals surface area contributed by atoms with Crippen molar-refractivity contribution in [2.75, 3.05) is 18.8 Å². The third kappa shape index (κ3) is 2.38. The van der Waals surface area contributed by atoms with E-state index in [2.05, 4.69) is 33.8 Å². The standard InChI is InChI=1S/C16H20N4S/c1-11-15-16(21-10-7-12-5-8-17-9-6-12)19-14-4-2-3-13(18-11)20(14)15/h2-4,12,17H,5-10H2,1H3. The molecule has 3 aromatic rings. The number of rotatable bonds is 4. The number of nitrogens with zero attached hydrogens (tertiary/aromatic N) is 3. The third-order valence-electron chi connectivity index (χ3n) is 4.44. The van der Waals surface area contributed by atoms with E-state index in [1.165, 1.54) is 37.9 Å². The van der Waals surface area contributed by atoms with E-state index in [9.17, 15) is 0 Å². The molecule has 5 heteroatoms. The van der Waals surface area contributed by atoms with Crippen LogP contribution in [0.25, 0.3) is 16.8 Å². The maximum absolute atomic E-state index is 4.79. The quantitative estimate of drug-likeness (QED) is 0.752. The number of aryl methyl sites for hydroxylation is 1. The number of aromatic nitrogens is 3. The summed E-state index contributed by atoms with van der Waals surface area (Å²) in [7, 11) is 0. The van der Waals surface area contributed by atoms with E-state index in [0.717, 1.165) is 33.7 Å². The van der Waals surface area contributed by atoms with Gasteiger partial charge in [-0.25, -0.2) is 9.97 Å². The summed E-state index contributed by atoms with van der Waals surface area (Å²) in [4.78, 5) is 9.42. The number of nitrogens with one attached hydrogen (secondary N) is 1. The van der Waals surface area contributed by atoms with Gasteiger partial charge in [-0.2, -0.15) is 0 Å². The van der Waals surface area contributed by atoms with Crippen LogP contribution in [0.1, 0.15) is 25.0 Å². The molecule has 1 aliphatic heterocycles. The Labute approximate surface area is 128 Å². The summed E-state index contributed by atoms with van der Waals surface area (Å²) in [6.45, 7) is 4.45. The van der Waals surface area contributed by atoms with Gasteiger partial charge in [-0.1, -0.05) is 6.07 Å². The van der Waals surface area contributed by atoms with Crippen LogP contribution in [-0.2, 0) is 0 Å². The minimum atomic E-state index is 0.884. The van der Waals surface area contributed by atoms with Crippen LogP contribution >= 0.6 is 11.8 Å². The lowest BCUT2D eigenvalue weighted by molar-refractivity contribution is 0.367. The van der Waals surface area contributed by atoms with Gasteiger partial charge in [0.15, 0.2) is 0 Å². The summed E-state index contributed by atoms with van der Waals surface area (Å²) in [5, 5.41) is 4.58. The Morgan fingerprint density at radius 2 is 2.00 bits per heavy atom. The Kier molecular flexibility index (Phi) is 3.47. The van der Waals surface area contributed by atoms with Crippen molar-refractivity contribution in [1.82, 2.24) is 19.7 Å². The first-order valence-electron chi connectivity index (χ1n) is 7.73. The molecule has 3 aromatic heterocycles. The van der Waals surface area contributed by atoms with Crippen LogP contribution in [0.2, 0.25) is 0 Å². The van der Waals surface area contributed by atoms with Crippen LogP contribution < -0.4 is 5.32 Å². The molecule has 21 heavy (non-hydrogen) atoms. The average Bonchev–Trinajstić information content (AvgIpc) is 3.04. The number of hydrogen-bond acceptors (Lipinski definition) is 4. The van der Waals surface area contributed by atoms with Crippen LogP contribution in [0.5, 0.6) is 0 Å². The predicted molar refractivity (Wildman–Crippen MR) is 87.4 cm³/mol. The number of thioether (sulfide) groups is 1. The summed E-state index contributed by atoms with van der Waals surface area (Å²) < 4.78 is 2.18. The summed E-state index contributed by atoms with van der Waals surface area (Å²) >= 11 is 1.89. The molecule has 4 heterocycles. The lowest BCUT2D eigenvalue weighted by atomic mass is 9.96. The second-order valence-electron chi connectivity index (χ2n) is 5.87. The molecule has 0 saturated carbocycles. The van der Waals surface area contributed by atoms with Crippen molar-refractivity contribution >= 4 is 28.6 Å². The highest BCUT2D eigenvalue weighted by Gasteiger charge is 2.17. The van der Waals surface area contributed by atoms with Gasteiger partial charge in [0.1, 0.15) is 21.8 Å². The van der Waals surface area contributed by atoms with Crippen molar-refractivity contribution in [3.8, 4) is 0 Å². The SMILES string of the molecule is Cc1nc2cccc3nc(SCCC4CCNCC4)c1n23. The molecule has 4 rings (SSSR count). The molecule has 0 radical (unpaired) electrons. The van der Waals surface area contributed by atoms with E-state index in [1.807, 2.05) is 17.8 Å². The Morgan fingerprint density at radius 3 is 2.81 bits per heavy atom. The summed E-state index contributed by atoms with van der Waals surface area (Å²) in [5.41, 5.74) is 4.33. The zero-order valence-electron chi connectivity index (χ0n) is 12.3. The molecule has 0 atom stereocenters. The van der Waals surface area contributed by atoms with Gasteiger partial charge in [-0.05, 0) is 63.1 Å². The largest absolute Gasteiger partial charge is 0.317 e. The van der Waals surface area contributed by atoms with Gasteiger partial charge in [0.25, 0.3) is 0 Å². The second-order valence-corrected chi connectivity index (χ2v) is 6.95. The van der Waals surface area contributed by atoms with Gasteiger partial charge in [0, 0.05) is 0 Å². The van der Waals surface area contributed by atoms with E-state index in [1.54, 1.807) is 0 Å². The fraction of sp³-hybridized carbons (Fsp3) is 0.500. The van der Waals surface area contributed by atoms with Gasteiger partial charge in [-0.3, -0.25) is 4.40 Å². The van der Waals surface area contributed by atoms with Crippen LogP contribution in [0.4, 0.5) is 0 Å². The highest BCUT2D eigenvalue weighted by Crippen LogP contribution is 2.31. The van der Waals surface area contributed by atoms with Crippen molar-refractivity contribution in [2.45, 2.75) is 31.2 Å². The Balaban J connectivity index is 1.53. The summed E-state index contributed by atoms with van der Waals surface area (Å²) in [6.07, 6.45) is 3.94. The third-order valence-corrected chi connectivity index (χ3v) is 5.44. The molecule has 0 unspecified atom stereocenters. The van der Waals surface area contributed by atoms with Gasteiger partial charge >= 0.3 is 0 Å². The molecule has 1 saturated heterocycles. The van der Waals surface area contributed by atoms with Gasteiger partial charge in [0.2, 0.25) is 0 Å². The van der Waals surface area contributed by atoms with E-state index in [-0.39, 0.29) is 0 Å². The molecule has 0 bridgehead atoms. The summed E-state index contributed by atoms with van der Waals surface area (Å²) in [6, 6.07) is 6.16. The molecule has 1 fully saturated rings. The molecule has 0 aromatic carbocycles. The molecule has 0 aliphatic carbocycles. The maximum Gasteiger partial charge on any atom is 0.140 e. The first kappa shape index (κ1) is 13.3. The lowest BCUT2D eigenvalue weighted by Crippen LogP contribution is -2.27. The van der Waals surface area contributed by atoms with Gasteiger partial charge in [0.05, 0.1) is 5.69 Å². The minimum absolute atomic E-state index is 0.884. The van der Waals surface area contributed by atoms with Gasteiger partial charge < -0.3 is 5.32 Å². The number of imidazole rings is 2. The predicted octanol–water partition coefficient (Wildman–Crippen LogP) is 3.11. The number of pyridine rings is 1. The molecule has 4 nitrogen and oxygen atoms in total. The van der Waals surface area contributed by atoms with Crippen LogP contribution in [0.15, 0.2) is 23.2 Å². The van der Waals surface area contributed by atoms with E-state index < -0.39 is 0 Å². The molecule has 0 spiro atoms. The van der Waals surface area contributed by atoms with Crippen LogP contribution in [0, 0.1) is 12.8 Å². The molecule has 0 amide bonds. The topological polar surface area (TPSA) is 42.2 Å². The van der Waals surface area contributed by atoms with Crippen molar-refractivity contribution < 1.29 is 0 Å². The van der Waals surface area contributed by atoms with Crippen LogP contribution in [-0.4, -0.2) is 33.2 Å². The number of hydrogen-bond donors (Lipinski definition) is 1. The Morgan fingerprint density at radius 1 is 1.24 bits per heavy atom. The molecule has 1 aliphatic rings. The smallest absolute Gasteiger partial charge is 0.140 e. The van der Waals surface area contributed by atoms with Crippen molar-refractivity contribution in [3.05, 3.63) is 23.9 Å². The van der Waals surface area contributed by atoms with E-state index >= 15 is 0 Å². The van der Waals surface area contributed by atoms with Crippen molar-refractivity contribution in [3.63, 3.8) is 0 Å². The van der Waals surface area contributed by atoms with E-state index in [4.69, 9.17) is 4.98 Å². The normalized spacial score (nSPS) is 17.2. The zero-order valence-corrected chi connectivity index (χ0v) is 13.1. The zero-order chi connectivity index (χ0) is 14.2. The monoisotopic (exact) mass is 300 g/mol. The summed E-state index contributed by atoms with van der Waals surface area (Å²) in [5.74, 6) is 2.04. The molecule has 110 valence electrons. The fourth-order valence-electron chi connectivity index (χ4n) is 3.28.